The molecule has 1 aromatic carbocycles. The molecule has 1 heterocycles. The number of nitrogens with zero attached hydrogens (tertiary/aromatic N) is 1. The van der Waals surface area contributed by atoms with Crippen LogP contribution in [0.15, 0.2) is 24.3 Å². The van der Waals surface area contributed by atoms with E-state index in [-0.39, 0.29) is 0 Å². The van der Waals surface area contributed by atoms with E-state index >= 15 is 0 Å². The molecule has 0 atom stereocenters. The second-order valence-corrected chi connectivity index (χ2v) is 3.77. The molecule has 2 aromatic rings. The minimum Gasteiger partial charge on any atom is -0.618 e. The van der Waals surface area contributed by atoms with Crippen molar-refractivity contribution in [1.29, 1.82) is 0 Å². The molecule has 2 heteroatoms. The van der Waals surface area contributed by atoms with Crippen molar-refractivity contribution in [3.05, 3.63) is 46.3 Å². The standard InChI is InChI=1S/C12H13NO/c1-8-4-5-12-11(6-8)7-9(2)10(3)13(12)14/h4-7H,1-3H3. The van der Waals surface area contributed by atoms with E-state index in [4.69, 9.17) is 0 Å². The molecule has 0 unspecified atom stereocenters. The highest BCUT2D eigenvalue weighted by Gasteiger charge is 2.09. The van der Waals surface area contributed by atoms with Crippen LogP contribution in [0, 0.1) is 26.0 Å². The molecule has 0 N–H and O–H groups in total. The summed E-state index contributed by atoms with van der Waals surface area (Å²) in [4.78, 5) is 0. The largest absolute Gasteiger partial charge is 0.618 e. The average molecular weight is 187 g/mol. The van der Waals surface area contributed by atoms with E-state index in [0.717, 1.165) is 26.9 Å². The highest BCUT2D eigenvalue weighted by Crippen LogP contribution is 2.15. The first-order valence-corrected chi connectivity index (χ1v) is 4.70. The maximum atomic E-state index is 11.8. The molecule has 0 aliphatic heterocycles. The van der Waals surface area contributed by atoms with Crippen LogP contribution in [0.3, 0.4) is 0 Å². The van der Waals surface area contributed by atoms with Crippen LogP contribution in [0.5, 0.6) is 0 Å². The predicted molar refractivity (Wildman–Crippen MR) is 57.1 cm³/mol. The Morgan fingerprint density at radius 2 is 1.79 bits per heavy atom. The first-order valence-electron chi connectivity index (χ1n) is 4.70. The van der Waals surface area contributed by atoms with Crippen molar-refractivity contribution in [1.82, 2.24) is 0 Å². The Kier molecular flexibility index (Phi) is 1.92. The Hall–Kier alpha value is -1.57. The molecule has 2 rings (SSSR count). The molecule has 0 aliphatic rings. The minimum absolute atomic E-state index is 0.749. The third kappa shape index (κ3) is 1.23. The van der Waals surface area contributed by atoms with Crippen LogP contribution in [0.2, 0.25) is 0 Å². The van der Waals surface area contributed by atoms with E-state index in [9.17, 15) is 5.21 Å². The number of benzene rings is 1. The maximum Gasteiger partial charge on any atom is 0.223 e. The summed E-state index contributed by atoms with van der Waals surface area (Å²) in [6, 6.07) is 7.94. The van der Waals surface area contributed by atoms with Gasteiger partial charge in [-0.25, -0.2) is 0 Å². The maximum absolute atomic E-state index is 11.8. The van der Waals surface area contributed by atoms with Crippen molar-refractivity contribution in [3.63, 3.8) is 0 Å². The van der Waals surface area contributed by atoms with Crippen LogP contribution in [0.4, 0.5) is 0 Å². The molecule has 0 aliphatic carbocycles. The van der Waals surface area contributed by atoms with Crippen molar-refractivity contribution >= 4 is 10.9 Å². The summed E-state index contributed by atoms with van der Waals surface area (Å²) in [6.45, 7) is 5.84. The third-order valence-electron chi connectivity index (χ3n) is 2.65. The van der Waals surface area contributed by atoms with Gasteiger partial charge in [0.15, 0.2) is 5.69 Å². The van der Waals surface area contributed by atoms with E-state index in [1.54, 1.807) is 0 Å². The summed E-state index contributed by atoms with van der Waals surface area (Å²) in [5.41, 5.74) is 3.75. The zero-order valence-corrected chi connectivity index (χ0v) is 8.66. The van der Waals surface area contributed by atoms with Gasteiger partial charge in [0.05, 0.1) is 0 Å². The topological polar surface area (TPSA) is 26.9 Å². The van der Waals surface area contributed by atoms with Crippen molar-refractivity contribution in [2.45, 2.75) is 20.8 Å². The lowest BCUT2D eigenvalue weighted by Crippen LogP contribution is -2.31. The zero-order chi connectivity index (χ0) is 10.3. The second kappa shape index (κ2) is 2.98. The molecule has 0 radical (unpaired) electrons. The Morgan fingerprint density at radius 3 is 2.50 bits per heavy atom. The summed E-state index contributed by atoms with van der Waals surface area (Å²) in [5, 5.41) is 12.8. The van der Waals surface area contributed by atoms with Gasteiger partial charge in [0, 0.05) is 23.9 Å². The first kappa shape index (κ1) is 9.00. The van der Waals surface area contributed by atoms with Gasteiger partial charge < -0.3 is 5.21 Å². The molecule has 2 nitrogen and oxygen atoms in total. The summed E-state index contributed by atoms with van der Waals surface area (Å²) in [5.74, 6) is 0. The SMILES string of the molecule is Cc1ccc2c(c1)cc(C)c(C)[n+]2[O-]. The molecular formula is C12H13NO. The number of aryl methyl sites for hydroxylation is 2. The average Bonchev–Trinajstić information content (AvgIpc) is 2.14. The van der Waals surface area contributed by atoms with Crippen LogP contribution in [0.25, 0.3) is 10.9 Å². The van der Waals surface area contributed by atoms with Crippen molar-refractivity contribution in [2.24, 2.45) is 0 Å². The summed E-state index contributed by atoms with van der Waals surface area (Å²) >= 11 is 0. The van der Waals surface area contributed by atoms with Gasteiger partial charge in [-0.15, -0.1) is 0 Å². The predicted octanol–water partition coefficient (Wildman–Crippen LogP) is 2.40. The number of pyridine rings is 1. The quantitative estimate of drug-likeness (QED) is 0.459. The summed E-state index contributed by atoms with van der Waals surface area (Å²) in [6.07, 6.45) is 0. The highest BCUT2D eigenvalue weighted by atomic mass is 16.5. The van der Waals surface area contributed by atoms with Crippen molar-refractivity contribution < 1.29 is 4.73 Å². The van der Waals surface area contributed by atoms with E-state index in [1.165, 1.54) is 5.56 Å². The van der Waals surface area contributed by atoms with Gasteiger partial charge in [-0.2, -0.15) is 4.73 Å². The summed E-state index contributed by atoms with van der Waals surface area (Å²) < 4.78 is 1.00. The molecule has 0 bridgehead atoms. The van der Waals surface area contributed by atoms with Crippen LogP contribution < -0.4 is 4.73 Å². The first-order chi connectivity index (χ1) is 6.59. The minimum atomic E-state index is 0.749. The molecule has 14 heavy (non-hydrogen) atoms. The molecule has 0 fully saturated rings. The molecule has 0 saturated carbocycles. The Labute approximate surface area is 83.4 Å². The van der Waals surface area contributed by atoms with E-state index < -0.39 is 0 Å². The van der Waals surface area contributed by atoms with Crippen molar-refractivity contribution in [2.75, 3.05) is 0 Å². The van der Waals surface area contributed by atoms with Crippen LogP contribution in [-0.4, -0.2) is 0 Å². The zero-order valence-electron chi connectivity index (χ0n) is 8.66. The lowest BCUT2D eigenvalue weighted by molar-refractivity contribution is -0.584. The fourth-order valence-corrected chi connectivity index (χ4v) is 1.65. The normalized spacial score (nSPS) is 10.8. The van der Waals surface area contributed by atoms with E-state index in [2.05, 4.69) is 6.07 Å². The van der Waals surface area contributed by atoms with E-state index in [1.807, 2.05) is 39.0 Å². The number of hydrogen-bond donors (Lipinski definition) is 0. The van der Waals surface area contributed by atoms with Gasteiger partial charge >= 0.3 is 0 Å². The summed E-state index contributed by atoms with van der Waals surface area (Å²) in [7, 11) is 0. The Balaban J connectivity index is 2.91. The second-order valence-electron chi connectivity index (χ2n) is 3.77. The molecule has 0 saturated heterocycles. The molecule has 1 aromatic heterocycles. The molecule has 0 amide bonds. The highest BCUT2D eigenvalue weighted by molar-refractivity contribution is 5.77. The lowest BCUT2D eigenvalue weighted by atomic mass is 10.1. The number of rotatable bonds is 0. The van der Waals surface area contributed by atoms with Crippen LogP contribution >= 0.6 is 0 Å². The van der Waals surface area contributed by atoms with Crippen molar-refractivity contribution in [3.8, 4) is 0 Å². The Morgan fingerprint density at radius 1 is 1.07 bits per heavy atom. The van der Waals surface area contributed by atoms with Gasteiger partial charge in [-0.3, -0.25) is 0 Å². The van der Waals surface area contributed by atoms with Gasteiger partial charge in [-0.05, 0) is 26.0 Å². The number of hydrogen-bond acceptors (Lipinski definition) is 1. The number of aromatic nitrogens is 1. The Bertz CT molecular complexity index is 503. The monoisotopic (exact) mass is 187 g/mol. The fourth-order valence-electron chi connectivity index (χ4n) is 1.65. The molecule has 0 spiro atoms. The lowest BCUT2D eigenvalue weighted by Gasteiger charge is -2.07. The smallest absolute Gasteiger partial charge is 0.223 e. The fraction of sp³-hybridized carbons (Fsp3) is 0.250. The molecule has 72 valence electrons. The van der Waals surface area contributed by atoms with Gasteiger partial charge in [0.25, 0.3) is 0 Å². The van der Waals surface area contributed by atoms with Gasteiger partial charge in [0.2, 0.25) is 5.52 Å². The third-order valence-corrected chi connectivity index (χ3v) is 2.65. The van der Waals surface area contributed by atoms with Crippen LogP contribution in [-0.2, 0) is 0 Å². The van der Waals surface area contributed by atoms with Gasteiger partial charge in [-0.1, -0.05) is 11.6 Å². The van der Waals surface area contributed by atoms with Crippen LogP contribution in [0.1, 0.15) is 16.8 Å². The van der Waals surface area contributed by atoms with Gasteiger partial charge in [0.1, 0.15) is 0 Å². The van der Waals surface area contributed by atoms with E-state index in [0.29, 0.717) is 0 Å². The number of fused-ring (bicyclic) bond motifs is 1. The molecular weight excluding hydrogens is 174 g/mol.